The lowest BCUT2D eigenvalue weighted by Gasteiger charge is -2.36. The molecule has 0 bridgehead atoms. The molecular weight excluding hydrogens is 380 g/mol. The minimum atomic E-state index is -0.314. The third-order valence-corrected chi connectivity index (χ3v) is 5.93. The Morgan fingerprint density at radius 1 is 1.20 bits per heavy atom. The molecule has 3 heterocycles. The number of likely N-dealkylation sites (tertiary alicyclic amines) is 1. The fraction of sp³-hybridized carbons (Fsp3) is 0.545. The molecule has 4 rings (SSSR count). The predicted octanol–water partition coefficient (Wildman–Crippen LogP) is 3.10. The lowest BCUT2D eigenvalue weighted by molar-refractivity contribution is 0.144. The van der Waals surface area contributed by atoms with Crippen molar-refractivity contribution in [3.8, 4) is 5.75 Å². The van der Waals surface area contributed by atoms with Gasteiger partial charge in [-0.05, 0) is 87.3 Å². The Bertz CT molecular complexity index is 1090. The maximum Gasteiger partial charge on any atom is 0.253 e. The van der Waals surface area contributed by atoms with Gasteiger partial charge >= 0.3 is 0 Å². The van der Waals surface area contributed by atoms with E-state index >= 15 is 0 Å². The Morgan fingerprint density at radius 2 is 1.93 bits per heavy atom. The SMILES string of the molecule is COc1ccc2[nH]c(=O)c([C@@H](c3nnnn3C(C)(C)C)N3CCC(C)CC3)cc2c1. The Balaban J connectivity index is 1.89. The van der Waals surface area contributed by atoms with E-state index in [0.717, 1.165) is 42.6 Å². The molecule has 1 aliphatic heterocycles. The first kappa shape index (κ1) is 20.5. The minimum Gasteiger partial charge on any atom is -0.497 e. The van der Waals surface area contributed by atoms with E-state index in [4.69, 9.17) is 4.74 Å². The molecule has 0 spiro atoms. The molecule has 0 radical (unpaired) electrons. The van der Waals surface area contributed by atoms with Crippen LogP contribution < -0.4 is 10.3 Å². The van der Waals surface area contributed by atoms with Crippen molar-refractivity contribution in [2.45, 2.75) is 52.1 Å². The molecule has 0 aliphatic carbocycles. The Kier molecular flexibility index (Phi) is 5.36. The van der Waals surface area contributed by atoms with Crippen LogP contribution >= 0.6 is 0 Å². The number of rotatable bonds is 4. The van der Waals surface area contributed by atoms with Gasteiger partial charge in [0.25, 0.3) is 5.56 Å². The summed E-state index contributed by atoms with van der Waals surface area (Å²) in [6, 6.07) is 7.31. The standard InChI is InChI=1S/C22H30N6O2/c1-14-8-10-27(11-9-14)19(20-24-25-26-28(20)22(2,3)4)17-13-15-12-16(30-5)6-7-18(15)23-21(17)29/h6-7,12-14,19H,8-11H2,1-5H3,(H,23,29)/t19-/m0/s1. The van der Waals surface area contributed by atoms with Gasteiger partial charge in [0.05, 0.1) is 12.6 Å². The highest BCUT2D eigenvalue weighted by molar-refractivity contribution is 5.80. The molecule has 8 nitrogen and oxygen atoms in total. The number of aromatic amines is 1. The first-order chi connectivity index (χ1) is 14.3. The summed E-state index contributed by atoms with van der Waals surface area (Å²) in [4.78, 5) is 18.6. The highest BCUT2D eigenvalue weighted by Crippen LogP contribution is 2.32. The zero-order chi connectivity index (χ0) is 21.5. The number of aromatic nitrogens is 5. The average molecular weight is 411 g/mol. The molecule has 30 heavy (non-hydrogen) atoms. The van der Waals surface area contributed by atoms with Crippen molar-refractivity contribution in [1.29, 1.82) is 0 Å². The van der Waals surface area contributed by atoms with E-state index in [2.05, 4.69) is 53.1 Å². The second kappa shape index (κ2) is 7.83. The number of hydrogen-bond acceptors (Lipinski definition) is 6. The highest BCUT2D eigenvalue weighted by Gasteiger charge is 2.34. The van der Waals surface area contributed by atoms with Crippen LogP contribution in [0.4, 0.5) is 0 Å². The van der Waals surface area contributed by atoms with Gasteiger partial charge in [-0.1, -0.05) is 6.92 Å². The molecule has 0 saturated carbocycles. The molecule has 3 aromatic rings. The van der Waals surface area contributed by atoms with Crippen LogP contribution in [0, 0.1) is 5.92 Å². The lowest BCUT2D eigenvalue weighted by atomic mass is 9.95. The van der Waals surface area contributed by atoms with Crippen LogP contribution in [0.1, 0.15) is 58.0 Å². The molecule has 1 aliphatic rings. The number of tetrazole rings is 1. The number of fused-ring (bicyclic) bond motifs is 1. The van der Waals surface area contributed by atoms with Crippen LogP contribution in [0.25, 0.3) is 10.9 Å². The van der Waals surface area contributed by atoms with Gasteiger partial charge in [0.15, 0.2) is 5.82 Å². The number of pyridine rings is 1. The monoisotopic (exact) mass is 410 g/mol. The maximum atomic E-state index is 13.2. The van der Waals surface area contributed by atoms with Crippen molar-refractivity contribution >= 4 is 10.9 Å². The van der Waals surface area contributed by atoms with E-state index in [9.17, 15) is 4.79 Å². The van der Waals surface area contributed by atoms with Crippen LogP contribution in [0.15, 0.2) is 29.1 Å². The minimum absolute atomic E-state index is 0.111. The van der Waals surface area contributed by atoms with Gasteiger partial charge in [-0.2, -0.15) is 0 Å². The molecule has 1 atom stereocenters. The molecule has 1 aromatic carbocycles. The first-order valence-electron chi connectivity index (χ1n) is 10.5. The van der Waals surface area contributed by atoms with Gasteiger partial charge in [-0.15, -0.1) is 5.10 Å². The quantitative estimate of drug-likeness (QED) is 0.711. The van der Waals surface area contributed by atoms with Crippen molar-refractivity contribution in [3.05, 3.63) is 46.0 Å². The van der Waals surface area contributed by atoms with E-state index in [-0.39, 0.29) is 17.1 Å². The Labute approximate surface area is 176 Å². The van der Waals surface area contributed by atoms with Crippen molar-refractivity contribution in [2.75, 3.05) is 20.2 Å². The Hall–Kier alpha value is -2.74. The normalized spacial score (nSPS) is 17.4. The number of nitrogens with zero attached hydrogens (tertiary/aromatic N) is 5. The summed E-state index contributed by atoms with van der Waals surface area (Å²) in [5, 5.41) is 13.5. The van der Waals surface area contributed by atoms with Gasteiger partial charge < -0.3 is 9.72 Å². The first-order valence-corrected chi connectivity index (χ1v) is 10.5. The van der Waals surface area contributed by atoms with Crippen LogP contribution in [-0.2, 0) is 5.54 Å². The summed E-state index contributed by atoms with van der Waals surface area (Å²) in [6.07, 6.45) is 2.18. The van der Waals surface area contributed by atoms with Gasteiger partial charge in [-0.3, -0.25) is 9.69 Å². The number of ether oxygens (including phenoxy) is 1. The summed E-state index contributed by atoms with van der Waals surface area (Å²) >= 11 is 0. The van der Waals surface area contributed by atoms with Gasteiger partial charge in [0, 0.05) is 16.5 Å². The van der Waals surface area contributed by atoms with Crippen LogP contribution in [0.3, 0.4) is 0 Å². The number of H-pyrrole nitrogens is 1. The van der Waals surface area contributed by atoms with Crippen molar-refractivity contribution in [2.24, 2.45) is 5.92 Å². The second-order valence-electron chi connectivity index (χ2n) is 9.25. The molecule has 1 fully saturated rings. The molecule has 2 aromatic heterocycles. The third kappa shape index (κ3) is 3.84. The van der Waals surface area contributed by atoms with E-state index in [1.165, 1.54) is 0 Å². The van der Waals surface area contributed by atoms with Crippen LogP contribution in [-0.4, -0.2) is 50.3 Å². The zero-order valence-electron chi connectivity index (χ0n) is 18.3. The van der Waals surface area contributed by atoms with Gasteiger partial charge in [0.1, 0.15) is 11.8 Å². The van der Waals surface area contributed by atoms with Gasteiger partial charge in [0.2, 0.25) is 0 Å². The smallest absolute Gasteiger partial charge is 0.253 e. The van der Waals surface area contributed by atoms with E-state index < -0.39 is 0 Å². The summed E-state index contributed by atoms with van der Waals surface area (Å²) in [5.74, 6) is 2.13. The third-order valence-electron chi connectivity index (χ3n) is 5.93. The van der Waals surface area contributed by atoms with Crippen molar-refractivity contribution < 1.29 is 4.74 Å². The predicted molar refractivity (Wildman–Crippen MR) is 116 cm³/mol. The molecular formula is C22H30N6O2. The van der Waals surface area contributed by atoms with E-state index in [1.807, 2.05) is 28.9 Å². The number of piperidine rings is 1. The second-order valence-corrected chi connectivity index (χ2v) is 9.25. The number of methoxy groups -OCH3 is 1. The lowest BCUT2D eigenvalue weighted by Crippen LogP contribution is -2.41. The molecule has 0 amide bonds. The number of benzene rings is 1. The summed E-state index contributed by atoms with van der Waals surface area (Å²) in [5.41, 5.74) is 1.03. The molecule has 8 heteroatoms. The van der Waals surface area contributed by atoms with Crippen LogP contribution in [0.2, 0.25) is 0 Å². The molecule has 1 N–H and O–H groups in total. The topological polar surface area (TPSA) is 88.9 Å². The molecule has 160 valence electrons. The van der Waals surface area contributed by atoms with Crippen LogP contribution in [0.5, 0.6) is 5.75 Å². The highest BCUT2D eigenvalue weighted by atomic mass is 16.5. The molecule has 0 unspecified atom stereocenters. The summed E-state index contributed by atoms with van der Waals surface area (Å²) < 4.78 is 7.22. The van der Waals surface area contributed by atoms with E-state index in [1.54, 1.807) is 7.11 Å². The number of hydrogen-bond donors (Lipinski definition) is 1. The Morgan fingerprint density at radius 3 is 2.60 bits per heavy atom. The number of nitrogens with one attached hydrogen (secondary N) is 1. The maximum absolute atomic E-state index is 13.2. The molecule has 1 saturated heterocycles. The van der Waals surface area contributed by atoms with E-state index in [0.29, 0.717) is 17.3 Å². The van der Waals surface area contributed by atoms with Gasteiger partial charge in [-0.25, -0.2) is 4.68 Å². The summed E-state index contributed by atoms with van der Waals surface area (Å²) in [7, 11) is 1.64. The van der Waals surface area contributed by atoms with Crippen molar-refractivity contribution in [3.63, 3.8) is 0 Å². The summed E-state index contributed by atoms with van der Waals surface area (Å²) in [6.45, 7) is 10.3. The van der Waals surface area contributed by atoms with Crippen molar-refractivity contribution in [1.82, 2.24) is 30.1 Å². The fourth-order valence-electron chi connectivity index (χ4n) is 4.16. The largest absolute Gasteiger partial charge is 0.497 e. The zero-order valence-corrected chi connectivity index (χ0v) is 18.3. The fourth-order valence-corrected chi connectivity index (χ4v) is 4.16. The average Bonchev–Trinajstić information content (AvgIpc) is 3.19.